The summed E-state index contributed by atoms with van der Waals surface area (Å²) in [6.45, 7) is 7.17. The van der Waals surface area contributed by atoms with Gasteiger partial charge in [0.05, 0.1) is 18.0 Å². The fourth-order valence-electron chi connectivity index (χ4n) is 3.81. The van der Waals surface area contributed by atoms with Crippen LogP contribution in [0.3, 0.4) is 0 Å². The van der Waals surface area contributed by atoms with Gasteiger partial charge in [0.1, 0.15) is 6.33 Å². The van der Waals surface area contributed by atoms with Gasteiger partial charge in [-0.2, -0.15) is 0 Å². The van der Waals surface area contributed by atoms with E-state index in [1.54, 1.807) is 11.0 Å². The Hall–Kier alpha value is -3.12. The number of hydrogen-bond donors (Lipinski definition) is 0. The summed E-state index contributed by atoms with van der Waals surface area (Å²) in [5.41, 5.74) is 6.93. The zero-order chi connectivity index (χ0) is 20.9. The van der Waals surface area contributed by atoms with E-state index in [1.165, 1.54) is 16.7 Å². The number of aromatic nitrogens is 4. The molecule has 0 bridgehead atoms. The third-order valence-corrected chi connectivity index (χ3v) is 5.29. The van der Waals surface area contributed by atoms with Crippen LogP contribution in [0.2, 0.25) is 0 Å². The second kappa shape index (κ2) is 9.13. The summed E-state index contributed by atoms with van der Waals surface area (Å²) in [4.78, 5) is 4.93. The molecule has 6 heteroatoms. The summed E-state index contributed by atoms with van der Waals surface area (Å²) >= 11 is 0. The lowest BCUT2D eigenvalue weighted by Gasteiger charge is -2.22. The smallest absolute Gasteiger partial charge is 0.152 e. The number of rotatable bonds is 7. The van der Waals surface area contributed by atoms with Crippen molar-refractivity contribution in [1.29, 1.82) is 0 Å². The van der Waals surface area contributed by atoms with Crippen LogP contribution in [-0.2, 0) is 11.2 Å². The van der Waals surface area contributed by atoms with Crippen LogP contribution in [-0.4, -0.2) is 38.8 Å². The van der Waals surface area contributed by atoms with Gasteiger partial charge in [0.2, 0.25) is 0 Å². The molecule has 1 atom stereocenters. The van der Waals surface area contributed by atoms with Crippen molar-refractivity contribution in [3.63, 3.8) is 0 Å². The molecule has 30 heavy (non-hydrogen) atoms. The van der Waals surface area contributed by atoms with Crippen LogP contribution in [0.5, 0.6) is 0 Å². The van der Waals surface area contributed by atoms with Gasteiger partial charge in [-0.25, -0.2) is 4.68 Å². The average Bonchev–Trinajstić information content (AvgIpc) is 3.28. The van der Waals surface area contributed by atoms with Crippen molar-refractivity contribution < 1.29 is 4.74 Å². The largest absolute Gasteiger partial charge is 0.356 e. The molecule has 0 saturated carbocycles. The highest BCUT2D eigenvalue weighted by molar-refractivity contribution is 6.10. The molecular weight excluding hydrogens is 374 g/mol. The van der Waals surface area contributed by atoms with E-state index in [0.29, 0.717) is 12.5 Å². The monoisotopic (exact) mass is 401 g/mol. The highest BCUT2D eigenvalue weighted by atomic mass is 16.5. The second-order valence-corrected chi connectivity index (χ2v) is 7.91. The summed E-state index contributed by atoms with van der Waals surface area (Å²) in [7, 11) is 0. The van der Waals surface area contributed by atoms with Gasteiger partial charge in [-0.3, -0.25) is 4.99 Å². The van der Waals surface area contributed by atoms with E-state index in [9.17, 15) is 0 Å². The van der Waals surface area contributed by atoms with E-state index in [1.807, 2.05) is 18.2 Å². The first-order valence-electron chi connectivity index (χ1n) is 10.4. The highest BCUT2D eigenvalue weighted by Gasteiger charge is 2.18. The predicted molar refractivity (Wildman–Crippen MR) is 118 cm³/mol. The SMILES string of the molecule is CC1=CC(c2ccccc2C(C)C)=NC(OCCc2ccccc2-n2cnnn2)C1. The van der Waals surface area contributed by atoms with Crippen LogP contribution in [0.1, 0.15) is 49.8 Å². The Morgan fingerprint density at radius 3 is 2.70 bits per heavy atom. The maximum absolute atomic E-state index is 6.19. The standard InChI is InChI=1S/C24H27N5O/c1-17(2)20-9-5-6-10-21(20)22-14-18(3)15-24(26-22)30-13-12-19-8-4-7-11-23(19)29-16-25-27-28-29/h4-11,14,16-17,24H,12-13,15H2,1-3H3. The van der Waals surface area contributed by atoms with Crippen molar-refractivity contribution in [1.82, 2.24) is 20.2 Å². The van der Waals surface area contributed by atoms with E-state index in [-0.39, 0.29) is 6.23 Å². The quantitative estimate of drug-likeness (QED) is 0.584. The molecule has 154 valence electrons. The maximum Gasteiger partial charge on any atom is 0.152 e. The van der Waals surface area contributed by atoms with Crippen LogP contribution < -0.4 is 0 Å². The number of nitrogens with zero attached hydrogens (tertiary/aromatic N) is 5. The number of hydrogen-bond acceptors (Lipinski definition) is 5. The number of allylic oxidation sites excluding steroid dienone is 1. The third-order valence-electron chi connectivity index (χ3n) is 5.29. The molecule has 3 aromatic rings. The van der Waals surface area contributed by atoms with Crippen molar-refractivity contribution in [2.75, 3.05) is 6.61 Å². The van der Waals surface area contributed by atoms with E-state index in [0.717, 1.165) is 29.8 Å². The Morgan fingerprint density at radius 1 is 1.10 bits per heavy atom. The molecule has 0 fully saturated rings. The van der Waals surface area contributed by atoms with Gasteiger partial charge < -0.3 is 4.74 Å². The zero-order valence-electron chi connectivity index (χ0n) is 17.7. The number of para-hydroxylation sites is 1. The van der Waals surface area contributed by atoms with Gasteiger partial charge in [-0.05, 0) is 53.0 Å². The Labute approximate surface area is 177 Å². The number of dihydropyridines is 1. The Balaban J connectivity index is 1.47. The first-order chi connectivity index (χ1) is 14.6. The van der Waals surface area contributed by atoms with Gasteiger partial charge in [0, 0.05) is 12.0 Å². The summed E-state index contributed by atoms with van der Waals surface area (Å²) in [5.74, 6) is 0.446. The van der Waals surface area contributed by atoms with Crippen molar-refractivity contribution in [3.8, 4) is 5.69 Å². The molecule has 1 aliphatic heterocycles. The van der Waals surface area contributed by atoms with Crippen LogP contribution >= 0.6 is 0 Å². The molecular formula is C24H27N5O. The number of ether oxygens (including phenoxy) is 1. The molecule has 0 spiro atoms. The van der Waals surface area contributed by atoms with Gasteiger partial charge in [-0.1, -0.05) is 61.9 Å². The minimum Gasteiger partial charge on any atom is -0.356 e. The van der Waals surface area contributed by atoms with Crippen molar-refractivity contribution in [3.05, 3.63) is 83.2 Å². The molecule has 2 aromatic carbocycles. The lowest BCUT2D eigenvalue weighted by molar-refractivity contribution is 0.0613. The Morgan fingerprint density at radius 2 is 1.90 bits per heavy atom. The lowest BCUT2D eigenvalue weighted by atomic mass is 9.92. The van der Waals surface area contributed by atoms with E-state index in [4.69, 9.17) is 9.73 Å². The molecule has 0 saturated heterocycles. The first-order valence-corrected chi connectivity index (χ1v) is 10.4. The molecule has 0 aliphatic carbocycles. The van der Waals surface area contributed by atoms with Gasteiger partial charge in [0.15, 0.2) is 6.23 Å². The van der Waals surface area contributed by atoms with Crippen molar-refractivity contribution in [2.45, 2.75) is 45.8 Å². The average molecular weight is 402 g/mol. The summed E-state index contributed by atoms with van der Waals surface area (Å²) in [6, 6.07) is 16.6. The molecule has 0 amide bonds. The topological polar surface area (TPSA) is 65.2 Å². The molecule has 1 aliphatic rings. The van der Waals surface area contributed by atoms with Crippen LogP contribution in [0.15, 0.2) is 71.5 Å². The Kier molecular flexibility index (Phi) is 6.14. The van der Waals surface area contributed by atoms with Crippen molar-refractivity contribution >= 4 is 5.71 Å². The minimum absolute atomic E-state index is 0.162. The number of tetrazole rings is 1. The molecule has 1 unspecified atom stereocenters. The fraction of sp³-hybridized carbons (Fsp3) is 0.333. The highest BCUT2D eigenvalue weighted by Crippen LogP contribution is 2.25. The lowest BCUT2D eigenvalue weighted by Crippen LogP contribution is -2.20. The third kappa shape index (κ3) is 4.54. The van der Waals surface area contributed by atoms with Gasteiger partial charge in [-0.15, -0.1) is 5.10 Å². The zero-order valence-corrected chi connectivity index (χ0v) is 17.7. The Bertz CT molecular complexity index is 1050. The summed E-state index contributed by atoms with van der Waals surface area (Å²) in [6.07, 6.45) is 5.22. The molecule has 6 nitrogen and oxygen atoms in total. The normalized spacial score (nSPS) is 16.5. The van der Waals surface area contributed by atoms with Crippen molar-refractivity contribution in [2.24, 2.45) is 4.99 Å². The summed E-state index contributed by atoms with van der Waals surface area (Å²) < 4.78 is 7.87. The van der Waals surface area contributed by atoms with Gasteiger partial charge in [0.25, 0.3) is 0 Å². The second-order valence-electron chi connectivity index (χ2n) is 7.91. The minimum atomic E-state index is -0.162. The van der Waals surface area contributed by atoms with E-state index in [2.05, 4.69) is 72.7 Å². The molecule has 2 heterocycles. The number of benzene rings is 2. The van der Waals surface area contributed by atoms with Gasteiger partial charge >= 0.3 is 0 Å². The summed E-state index contributed by atoms with van der Waals surface area (Å²) in [5, 5.41) is 11.5. The maximum atomic E-state index is 6.19. The fourth-order valence-corrected chi connectivity index (χ4v) is 3.81. The number of aliphatic imine (C=N–C) groups is 1. The molecule has 1 aromatic heterocycles. The molecule has 0 radical (unpaired) electrons. The molecule has 4 rings (SSSR count). The van der Waals surface area contributed by atoms with E-state index >= 15 is 0 Å². The van der Waals surface area contributed by atoms with E-state index < -0.39 is 0 Å². The van der Waals surface area contributed by atoms with Crippen LogP contribution in [0.4, 0.5) is 0 Å². The molecule has 0 N–H and O–H groups in total. The predicted octanol–water partition coefficient (Wildman–Crippen LogP) is 4.51. The van der Waals surface area contributed by atoms with Crippen LogP contribution in [0.25, 0.3) is 5.69 Å². The first kappa shape index (κ1) is 20.2. The van der Waals surface area contributed by atoms with Crippen LogP contribution in [0, 0.1) is 0 Å².